The summed E-state index contributed by atoms with van der Waals surface area (Å²) in [6.07, 6.45) is -1.13. The third-order valence-electron chi connectivity index (χ3n) is 2.01. The van der Waals surface area contributed by atoms with E-state index in [0.29, 0.717) is 17.0 Å². The number of hydrogen-bond donors (Lipinski definition) is 2. The van der Waals surface area contributed by atoms with Crippen molar-refractivity contribution in [3.8, 4) is 0 Å². The van der Waals surface area contributed by atoms with Crippen LogP contribution in [0.4, 0.5) is 0 Å². The van der Waals surface area contributed by atoms with Gasteiger partial charge in [0.15, 0.2) is 0 Å². The van der Waals surface area contributed by atoms with Gasteiger partial charge >= 0.3 is 0 Å². The molecule has 2 atom stereocenters. The van der Waals surface area contributed by atoms with Gasteiger partial charge in [0.25, 0.3) is 0 Å². The third kappa shape index (κ3) is 2.44. The normalized spacial score (nSPS) is 15.4. The van der Waals surface area contributed by atoms with E-state index in [2.05, 4.69) is 0 Å². The van der Waals surface area contributed by atoms with E-state index in [-0.39, 0.29) is 0 Å². The second kappa shape index (κ2) is 4.61. The van der Waals surface area contributed by atoms with Crippen molar-refractivity contribution < 1.29 is 10.2 Å². The molecule has 0 unspecified atom stereocenters. The van der Waals surface area contributed by atoms with Gasteiger partial charge in [-0.05, 0) is 12.5 Å². The maximum absolute atomic E-state index is 9.64. The molecule has 0 saturated carbocycles. The number of halogens is 1. The van der Waals surface area contributed by atoms with E-state index in [9.17, 15) is 10.2 Å². The number of hydrogen-bond acceptors (Lipinski definition) is 2. The molecule has 0 aromatic heterocycles. The molecule has 0 radical (unpaired) electrons. The van der Waals surface area contributed by atoms with Crippen LogP contribution >= 0.6 is 11.6 Å². The topological polar surface area (TPSA) is 40.5 Å². The fourth-order valence-corrected chi connectivity index (χ4v) is 1.39. The molecule has 2 nitrogen and oxygen atoms in total. The standard InChI is InChI=1S/C10H13ClO2/c1-2-9(12)10(13)7-5-3-4-6-8(7)11/h3-6,9-10,12-13H,2H2,1H3/t9-,10-/m1/s1. The molecule has 0 amide bonds. The van der Waals surface area contributed by atoms with Crippen LogP contribution in [0.15, 0.2) is 24.3 Å². The van der Waals surface area contributed by atoms with Crippen LogP contribution in [-0.2, 0) is 0 Å². The van der Waals surface area contributed by atoms with Crippen molar-refractivity contribution in [3.05, 3.63) is 34.9 Å². The molecule has 0 heterocycles. The summed E-state index contributed by atoms with van der Waals surface area (Å²) in [6, 6.07) is 6.98. The summed E-state index contributed by atoms with van der Waals surface area (Å²) < 4.78 is 0. The minimum absolute atomic E-state index is 0.488. The van der Waals surface area contributed by atoms with Gasteiger partial charge in [0.1, 0.15) is 6.10 Å². The lowest BCUT2D eigenvalue weighted by atomic mass is 10.0. The molecule has 0 bridgehead atoms. The highest BCUT2D eigenvalue weighted by Gasteiger charge is 2.18. The lowest BCUT2D eigenvalue weighted by Gasteiger charge is -2.17. The van der Waals surface area contributed by atoms with Crippen LogP contribution in [0.1, 0.15) is 25.0 Å². The van der Waals surface area contributed by atoms with Gasteiger partial charge in [-0.2, -0.15) is 0 Å². The Labute approximate surface area is 82.8 Å². The zero-order chi connectivity index (χ0) is 9.84. The Balaban J connectivity index is 2.88. The number of aliphatic hydroxyl groups is 2. The molecule has 0 aliphatic heterocycles. The van der Waals surface area contributed by atoms with E-state index in [1.54, 1.807) is 24.3 Å². The van der Waals surface area contributed by atoms with Crippen molar-refractivity contribution in [3.63, 3.8) is 0 Å². The Morgan fingerprint density at radius 1 is 1.31 bits per heavy atom. The highest BCUT2D eigenvalue weighted by Crippen LogP contribution is 2.25. The smallest absolute Gasteiger partial charge is 0.106 e. The average molecular weight is 201 g/mol. The fraction of sp³-hybridized carbons (Fsp3) is 0.400. The van der Waals surface area contributed by atoms with Gasteiger partial charge in [0.05, 0.1) is 6.10 Å². The highest BCUT2D eigenvalue weighted by atomic mass is 35.5. The Kier molecular flexibility index (Phi) is 3.72. The van der Waals surface area contributed by atoms with Crippen molar-refractivity contribution in [2.24, 2.45) is 0 Å². The van der Waals surface area contributed by atoms with E-state index >= 15 is 0 Å². The van der Waals surface area contributed by atoms with Gasteiger partial charge in [-0.3, -0.25) is 0 Å². The maximum Gasteiger partial charge on any atom is 0.106 e. The van der Waals surface area contributed by atoms with E-state index in [4.69, 9.17) is 11.6 Å². The SMILES string of the molecule is CC[C@@H](O)[C@H](O)c1ccccc1Cl. The predicted molar refractivity (Wildman–Crippen MR) is 52.7 cm³/mol. The van der Waals surface area contributed by atoms with Crippen molar-refractivity contribution in [1.82, 2.24) is 0 Å². The molecule has 0 aliphatic rings. The second-order valence-corrected chi connectivity index (χ2v) is 3.35. The van der Waals surface area contributed by atoms with Crippen LogP contribution in [0.2, 0.25) is 5.02 Å². The van der Waals surface area contributed by atoms with Gasteiger partial charge in [0, 0.05) is 10.6 Å². The van der Waals surface area contributed by atoms with Crippen LogP contribution < -0.4 is 0 Å². The van der Waals surface area contributed by atoms with Gasteiger partial charge in [-0.25, -0.2) is 0 Å². The molecular weight excluding hydrogens is 188 g/mol. The summed E-state index contributed by atoms with van der Waals surface area (Å²) in [6.45, 7) is 1.81. The minimum Gasteiger partial charge on any atom is -0.390 e. The summed E-state index contributed by atoms with van der Waals surface area (Å²) in [5, 5.41) is 19.5. The van der Waals surface area contributed by atoms with Crippen LogP contribution in [0.25, 0.3) is 0 Å². The quantitative estimate of drug-likeness (QED) is 0.785. The highest BCUT2D eigenvalue weighted by molar-refractivity contribution is 6.31. The van der Waals surface area contributed by atoms with Gasteiger partial charge in [0.2, 0.25) is 0 Å². The average Bonchev–Trinajstić information content (AvgIpc) is 2.16. The molecule has 72 valence electrons. The molecule has 1 rings (SSSR count). The van der Waals surface area contributed by atoms with Crippen LogP contribution in [0, 0.1) is 0 Å². The Morgan fingerprint density at radius 2 is 1.92 bits per heavy atom. The van der Waals surface area contributed by atoms with Crippen molar-refractivity contribution in [1.29, 1.82) is 0 Å². The first kappa shape index (κ1) is 10.5. The van der Waals surface area contributed by atoms with Gasteiger partial charge in [-0.15, -0.1) is 0 Å². The van der Waals surface area contributed by atoms with Gasteiger partial charge < -0.3 is 10.2 Å². The summed E-state index contributed by atoms with van der Waals surface area (Å²) in [4.78, 5) is 0. The van der Waals surface area contributed by atoms with E-state index in [1.165, 1.54) is 0 Å². The van der Waals surface area contributed by atoms with E-state index < -0.39 is 12.2 Å². The molecule has 2 N–H and O–H groups in total. The largest absolute Gasteiger partial charge is 0.390 e. The third-order valence-corrected chi connectivity index (χ3v) is 2.35. The van der Waals surface area contributed by atoms with Crippen LogP contribution in [-0.4, -0.2) is 16.3 Å². The molecule has 3 heteroatoms. The maximum atomic E-state index is 9.64. The second-order valence-electron chi connectivity index (χ2n) is 2.94. The first-order chi connectivity index (χ1) is 6.16. The Hall–Kier alpha value is -0.570. The summed E-state index contributed by atoms with van der Waals surface area (Å²) in [5.74, 6) is 0. The minimum atomic E-state index is -0.890. The number of rotatable bonds is 3. The first-order valence-corrected chi connectivity index (χ1v) is 4.65. The van der Waals surface area contributed by atoms with E-state index in [0.717, 1.165) is 0 Å². The molecule has 13 heavy (non-hydrogen) atoms. The Morgan fingerprint density at radius 3 is 2.46 bits per heavy atom. The zero-order valence-corrected chi connectivity index (χ0v) is 8.20. The summed E-state index contributed by atoms with van der Waals surface area (Å²) in [7, 11) is 0. The van der Waals surface area contributed by atoms with Crippen molar-refractivity contribution in [2.75, 3.05) is 0 Å². The molecular formula is C10H13ClO2. The molecule has 1 aromatic rings. The van der Waals surface area contributed by atoms with Crippen molar-refractivity contribution >= 4 is 11.6 Å². The zero-order valence-electron chi connectivity index (χ0n) is 7.44. The number of benzene rings is 1. The summed E-state index contributed by atoms with van der Waals surface area (Å²) in [5.41, 5.74) is 0.582. The lowest BCUT2D eigenvalue weighted by molar-refractivity contribution is 0.0165. The molecule has 0 spiro atoms. The van der Waals surface area contributed by atoms with Gasteiger partial charge in [-0.1, -0.05) is 36.7 Å². The van der Waals surface area contributed by atoms with Crippen LogP contribution in [0.5, 0.6) is 0 Å². The predicted octanol–water partition coefficient (Wildman–Crippen LogP) is 2.14. The monoisotopic (exact) mass is 200 g/mol. The fourth-order valence-electron chi connectivity index (χ4n) is 1.15. The molecule has 0 fully saturated rings. The van der Waals surface area contributed by atoms with E-state index in [1.807, 2.05) is 6.92 Å². The van der Waals surface area contributed by atoms with Crippen molar-refractivity contribution in [2.45, 2.75) is 25.6 Å². The molecule has 0 saturated heterocycles. The lowest BCUT2D eigenvalue weighted by Crippen LogP contribution is -2.17. The Bertz CT molecular complexity index is 275. The number of aliphatic hydroxyl groups excluding tert-OH is 2. The molecule has 0 aliphatic carbocycles. The first-order valence-electron chi connectivity index (χ1n) is 4.27. The van der Waals surface area contributed by atoms with Crippen LogP contribution in [0.3, 0.4) is 0 Å². The molecule has 1 aromatic carbocycles. The summed E-state index contributed by atoms with van der Waals surface area (Å²) >= 11 is 5.85.